The van der Waals surface area contributed by atoms with E-state index in [2.05, 4.69) is 50.1 Å². The molecule has 0 aliphatic heterocycles. The van der Waals surface area contributed by atoms with Gasteiger partial charge in [0.25, 0.3) is 0 Å². The molecule has 2 rings (SSSR count). The van der Waals surface area contributed by atoms with Gasteiger partial charge in [-0.15, -0.1) is 0 Å². The monoisotopic (exact) mass is 331 g/mol. The van der Waals surface area contributed by atoms with E-state index in [1.54, 1.807) is 22.9 Å². The number of hydrogen-bond donors (Lipinski definition) is 0. The summed E-state index contributed by atoms with van der Waals surface area (Å²) < 4.78 is 1.42. The first-order valence-corrected chi connectivity index (χ1v) is 8.80. The van der Waals surface area contributed by atoms with E-state index in [4.69, 9.17) is 0 Å². The molecule has 0 N–H and O–H groups in total. The molecule has 5 heteroatoms. The fourth-order valence-corrected chi connectivity index (χ4v) is 3.02. The van der Waals surface area contributed by atoms with Crippen molar-refractivity contribution in [2.75, 3.05) is 13.1 Å². The molecular formula is C18H25N3OS. The molecular weight excluding hydrogens is 306 g/mol. The Hall–Kier alpha value is -1.75. The number of nitrogens with zero attached hydrogens (tertiary/aromatic N) is 3. The van der Waals surface area contributed by atoms with Gasteiger partial charge in [0.15, 0.2) is 0 Å². The Bertz CT molecular complexity index is 652. The van der Waals surface area contributed by atoms with Crippen LogP contribution in [0.25, 0.3) is 0 Å². The van der Waals surface area contributed by atoms with Gasteiger partial charge in [0.05, 0.1) is 0 Å². The molecule has 0 aliphatic carbocycles. The first-order valence-electron chi connectivity index (χ1n) is 7.98. The number of amides is 1. The average molecular weight is 331 g/mol. The lowest BCUT2D eigenvalue weighted by molar-refractivity contribution is 0.201. The van der Waals surface area contributed by atoms with Crippen molar-refractivity contribution in [3.05, 3.63) is 42.1 Å². The van der Waals surface area contributed by atoms with Crippen molar-refractivity contribution in [2.24, 2.45) is 0 Å². The molecule has 0 saturated carbocycles. The number of carbonyl (C=O) groups is 1. The first kappa shape index (κ1) is 17.6. The van der Waals surface area contributed by atoms with Crippen LogP contribution in [0.5, 0.6) is 0 Å². The number of rotatable bonds is 4. The summed E-state index contributed by atoms with van der Waals surface area (Å²) in [5, 5.41) is 5.21. The van der Waals surface area contributed by atoms with Crippen molar-refractivity contribution in [3.63, 3.8) is 0 Å². The van der Waals surface area contributed by atoms with Crippen molar-refractivity contribution >= 4 is 17.8 Å². The quantitative estimate of drug-likeness (QED) is 0.819. The van der Waals surface area contributed by atoms with Gasteiger partial charge in [-0.05, 0) is 43.0 Å². The molecule has 0 saturated heterocycles. The summed E-state index contributed by atoms with van der Waals surface area (Å²) in [5.74, 6) is 0. The topological polar surface area (TPSA) is 38.1 Å². The lowest BCUT2D eigenvalue weighted by atomic mass is 9.87. The smallest absolute Gasteiger partial charge is 0.323 e. The van der Waals surface area contributed by atoms with Crippen molar-refractivity contribution in [3.8, 4) is 0 Å². The summed E-state index contributed by atoms with van der Waals surface area (Å²) in [6, 6.07) is 10.3. The summed E-state index contributed by atoms with van der Waals surface area (Å²) in [7, 11) is 0. The van der Waals surface area contributed by atoms with Crippen LogP contribution < -0.4 is 0 Å². The second kappa shape index (κ2) is 7.21. The highest BCUT2D eigenvalue weighted by Gasteiger charge is 2.15. The van der Waals surface area contributed by atoms with E-state index in [1.807, 2.05) is 19.9 Å². The molecule has 0 bridgehead atoms. The molecule has 2 aromatic rings. The zero-order valence-electron chi connectivity index (χ0n) is 14.5. The summed E-state index contributed by atoms with van der Waals surface area (Å²) in [6.07, 6.45) is 1.73. The highest BCUT2D eigenvalue weighted by Crippen LogP contribution is 2.29. The van der Waals surface area contributed by atoms with Crippen LogP contribution >= 0.6 is 11.8 Å². The molecule has 0 atom stereocenters. The Kier molecular flexibility index (Phi) is 5.52. The number of hydrogen-bond acceptors (Lipinski definition) is 3. The second-order valence-corrected chi connectivity index (χ2v) is 7.52. The third-order valence-electron chi connectivity index (χ3n) is 3.74. The standard InChI is InChI=1S/C18H25N3OS/c1-6-20(7-2)17(22)21-13-12-16(19-21)23-15-10-8-14(9-11-15)18(3,4)5/h8-13H,6-7H2,1-5H3. The van der Waals surface area contributed by atoms with Crippen molar-refractivity contribution in [1.82, 2.24) is 14.7 Å². The fraction of sp³-hybridized carbons (Fsp3) is 0.444. The van der Waals surface area contributed by atoms with Gasteiger partial charge < -0.3 is 4.90 Å². The van der Waals surface area contributed by atoms with Gasteiger partial charge in [-0.3, -0.25) is 0 Å². The Labute approximate surface area is 142 Å². The van der Waals surface area contributed by atoms with Gasteiger partial charge in [-0.25, -0.2) is 4.79 Å². The van der Waals surface area contributed by atoms with E-state index in [0.717, 1.165) is 9.92 Å². The second-order valence-electron chi connectivity index (χ2n) is 6.43. The normalized spacial score (nSPS) is 11.5. The molecule has 1 aromatic heterocycles. The van der Waals surface area contributed by atoms with Crippen LogP contribution in [0.1, 0.15) is 40.2 Å². The SMILES string of the molecule is CCN(CC)C(=O)n1ccc(Sc2ccc(C(C)(C)C)cc2)n1. The van der Waals surface area contributed by atoms with E-state index < -0.39 is 0 Å². The summed E-state index contributed by atoms with van der Waals surface area (Å²) in [4.78, 5) is 15.1. The highest BCUT2D eigenvalue weighted by molar-refractivity contribution is 7.99. The molecule has 0 radical (unpaired) electrons. The molecule has 1 aromatic carbocycles. The molecule has 124 valence electrons. The largest absolute Gasteiger partial charge is 0.344 e. The zero-order valence-corrected chi connectivity index (χ0v) is 15.4. The maximum absolute atomic E-state index is 12.2. The van der Waals surface area contributed by atoms with Gasteiger partial charge in [-0.2, -0.15) is 9.78 Å². The molecule has 0 spiro atoms. The zero-order chi connectivity index (χ0) is 17.0. The van der Waals surface area contributed by atoms with Crippen molar-refractivity contribution in [2.45, 2.75) is 50.0 Å². The van der Waals surface area contributed by atoms with Crippen LogP contribution in [0, 0.1) is 0 Å². The maximum Gasteiger partial charge on any atom is 0.344 e. The van der Waals surface area contributed by atoms with Crippen LogP contribution in [-0.4, -0.2) is 33.8 Å². The lowest BCUT2D eigenvalue weighted by Crippen LogP contribution is -2.34. The number of benzene rings is 1. The van der Waals surface area contributed by atoms with Gasteiger partial charge in [-0.1, -0.05) is 44.7 Å². The van der Waals surface area contributed by atoms with E-state index in [-0.39, 0.29) is 11.4 Å². The Morgan fingerprint density at radius 2 is 1.74 bits per heavy atom. The lowest BCUT2D eigenvalue weighted by Gasteiger charge is -2.19. The molecule has 0 unspecified atom stereocenters. The van der Waals surface area contributed by atoms with Gasteiger partial charge >= 0.3 is 6.03 Å². The summed E-state index contributed by atoms with van der Waals surface area (Å²) in [6.45, 7) is 11.9. The van der Waals surface area contributed by atoms with Crippen LogP contribution in [0.2, 0.25) is 0 Å². The molecule has 23 heavy (non-hydrogen) atoms. The predicted octanol–water partition coefficient (Wildman–Crippen LogP) is 4.64. The van der Waals surface area contributed by atoms with E-state index >= 15 is 0 Å². The van der Waals surface area contributed by atoms with Gasteiger partial charge in [0.2, 0.25) is 0 Å². The third-order valence-corrected chi connectivity index (χ3v) is 4.67. The Morgan fingerprint density at radius 3 is 2.26 bits per heavy atom. The average Bonchev–Trinajstić information content (AvgIpc) is 2.96. The Balaban J connectivity index is 2.09. The summed E-state index contributed by atoms with van der Waals surface area (Å²) >= 11 is 1.57. The maximum atomic E-state index is 12.2. The summed E-state index contributed by atoms with van der Waals surface area (Å²) in [5.41, 5.74) is 1.46. The van der Waals surface area contributed by atoms with Crippen LogP contribution in [0.4, 0.5) is 4.79 Å². The molecule has 0 aliphatic rings. The predicted molar refractivity (Wildman–Crippen MR) is 95.2 cm³/mol. The first-order chi connectivity index (χ1) is 10.8. The van der Waals surface area contributed by atoms with Crippen LogP contribution in [0.15, 0.2) is 46.5 Å². The van der Waals surface area contributed by atoms with Crippen LogP contribution in [0.3, 0.4) is 0 Å². The molecule has 0 fully saturated rings. The van der Waals surface area contributed by atoms with Gasteiger partial charge in [0, 0.05) is 24.2 Å². The third kappa shape index (κ3) is 4.38. The van der Waals surface area contributed by atoms with E-state index in [9.17, 15) is 4.79 Å². The molecule has 1 amide bonds. The van der Waals surface area contributed by atoms with E-state index in [1.165, 1.54) is 10.2 Å². The Morgan fingerprint density at radius 1 is 1.13 bits per heavy atom. The molecule has 1 heterocycles. The minimum atomic E-state index is -0.0788. The number of aromatic nitrogens is 2. The van der Waals surface area contributed by atoms with Crippen molar-refractivity contribution < 1.29 is 4.79 Å². The molecule has 4 nitrogen and oxygen atoms in total. The minimum absolute atomic E-state index is 0.0788. The van der Waals surface area contributed by atoms with Gasteiger partial charge in [0.1, 0.15) is 5.03 Å². The fourth-order valence-electron chi connectivity index (χ4n) is 2.25. The van der Waals surface area contributed by atoms with Crippen LogP contribution in [-0.2, 0) is 5.41 Å². The van der Waals surface area contributed by atoms with Crippen molar-refractivity contribution in [1.29, 1.82) is 0 Å². The number of carbonyl (C=O) groups excluding carboxylic acids is 1. The highest BCUT2D eigenvalue weighted by atomic mass is 32.2. The minimum Gasteiger partial charge on any atom is -0.323 e. The van der Waals surface area contributed by atoms with E-state index in [0.29, 0.717) is 13.1 Å².